The Bertz CT molecular complexity index is 335. The Labute approximate surface area is 120 Å². The zero-order valence-electron chi connectivity index (χ0n) is 12.6. The molecule has 0 aliphatic rings. The fraction of sp³-hybridized carbons (Fsp3) is 0.786. The number of amides is 2. The summed E-state index contributed by atoms with van der Waals surface area (Å²) in [6.07, 6.45) is 2.68. The van der Waals surface area contributed by atoms with E-state index in [2.05, 4.69) is 10.6 Å². The molecule has 0 aliphatic heterocycles. The van der Waals surface area contributed by atoms with E-state index in [4.69, 9.17) is 5.11 Å². The van der Waals surface area contributed by atoms with Gasteiger partial charge in [0.25, 0.3) is 0 Å². The van der Waals surface area contributed by atoms with Gasteiger partial charge in [-0.1, -0.05) is 27.2 Å². The van der Waals surface area contributed by atoms with Crippen molar-refractivity contribution in [1.82, 2.24) is 10.6 Å². The molecule has 0 fully saturated rings. The van der Waals surface area contributed by atoms with E-state index in [-0.39, 0.29) is 30.2 Å². The van der Waals surface area contributed by atoms with E-state index < -0.39 is 5.97 Å². The standard InChI is InChI=1S/C14H26N2O4/c1-14(2,3)9-11(17)16-10-12(18)15-8-6-4-5-7-13(19)20/h4-10H2,1-3H3,(H,15,18)(H,16,17)(H,19,20). The molecule has 0 saturated carbocycles. The highest BCUT2D eigenvalue weighted by Crippen LogP contribution is 2.17. The van der Waals surface area contributed by atoms with Gasteiger partial charge in [-0.2, -0.15) is 0 Å². The third-order valence-electron chi connectivity index (χ3n) is 2.53. The molecule has 0 aromatic rings. The number of nitrogens with one attached hydrogen (secondary N) is 2. The number of carbonyl (C=O) groups is 3. The van der Waals surface area contributed by atoms with Gasteiger partial charge in [0, 0.05) is 19.4 Å². The van der Waals surface area contributed by atoms with Crippen molar-refractivity contribution in [2.24, 2.45) is 5.41 Å². The second kappa shape index (κ2) is 9.34. The number of unbranched alkanes of at least 4 members (excludes halogenated alkanes) is 2. The molecule has 116 valence electrons. The Morgan fingerprint density at radius 1 is 0.950 bits per heavy atom. The third-order valence-corrected chi connectivity index (χ3v) is 2.53. The number of carboxylic acids is 1. The van der Waals surface area contributed by atoms with E-state index in [0.29, 0.717) is 19.4 Å². The van der Waals surface area contributed by atoms with E-state index in [1.165, 1.54) is 0 Å². The van der Waals surface area contributed by atoms with Crippen molar-refractivity contribution in [3.63, 3.8) is 0 Å². The van der Waals surface area contributed by atoms with Gasteiger partial charge in [-0.15, -0.1) is 0 Å². The topological polar surface area (TPSA) is 95.5 Å². The van der Waals surface area contributed by atoms with Crippen molar-refractivity contribution in [2.45, 2.75) is 52.9 Å². The summed E-state index contributed by atoms with van der Waals surface area (Å²) < 4.78 is 0. The van der Waals surface area contributed by atoms with Gasteiger partial charge in [0.15, 0.2) is 0 Å². The molecule has 0 aromatic heterocycles. The van der Waals surface area contributed by atoms with Crippen LogP contribution in [0.15, 0.2) is 0 Å². The van der Waals surface area contributed by atoms with Crippen LogP contribution in [0.1, 0.15) is 52.9 Å². The number of carboxylic acid groups (broad SMARTS) is 1. The van der Waals surface area contributed by atoms with Crippen LogP contribution in [-0.2, 0) is 14.4 Å². The molecule has 20 heavy (non-hydrogen) atoms. The van der Waals surface area contributed by atoms with Crippen LogP contribution in [0.25, 0.3) is 0 Å². The van der Waals surface area contributed by atoms with Crippen LogP contribution in [0, 0.1) is 5.41 Å². The number of hydrogen-bond acceptors (Lipinski definition) is 3. The minimum atomic E-state index is -0.796. The average Bonchev–Trinajstić information content (AvgIpc) is 2.28. The maximum absolute atomic E-state index is 11.5. The molecule has 0 aliphatic carbocycles. The van der Waals surface area contributed by atoms with E-state index in [1.54, 1.807) is 0 Å². The summed E-state index contributed by atoms with van der Waals surface area (Å²) in [6, 6.07) is 0. The molecule has 0 atom stereocenters. The van der Waals surface area contributed by atoms with Crippen molar-refractivity contribution < 1.29 is 19.5 Å². The zero-order chi connectivity index (χ0) is 15.6. The lowest BCUT2D eigenvalue weighted by atomic mass is 9.92. The number of aliphatic carboxylic acids is 1. The lowest BCUT2D eigenvalue weighted by Gasteiger charge is -2.17. The minimum absolute atomic E-state index is 0.00988. The summed E-state index contributed by atoms with van der Waals surface area (Å²) in [7, 11) is 0. The Morgan fingerprint density at radius 3 is 2.15 bits per heavy atom. The first-order valence-electron chi connectivity index (χ1n) is 6.96. The van der Waals surface area contributed by atoms with Crippen molar-refractivity contribution in [1.29, 1.82) is 0 Å². The Kier molecular flexibility index (Phi) is 8.59. The second-order valence-electron chi connectivity index (χ2n) is 6.07. The summed E-state index contributed by atoms with van der Waals surface area (Å²) >= 11 is 0. The highest BCUT2D eigenvalue weighted by Gasteiger charge is 2.16. The highest BCUT2D eigenvalue weighted by molar-refractivity contribution is 5.84. The Morgan fingerprint density at radius 2 is 1.60 bits per heavy atom. The monoisotopic (exact) mass is 286 g/mol. The largest absolute Gasteiger partial charge is 0.481 e. The molecule has 0 unspecified atom stereocenters. The van der Waals surface area contributed by atoms with Gasteiger partial charge in [0.05, 0.1) is 6.54 Å². The van der Waals surface area contributed by atoms with E-state index in [9.17, 15) is 14.4 Å². The fourth-order valence-corrected chi connectivity index (χ4v) is 1.59. The molecule has 2 amide bonds. The van der Waals surface area contributed by atoms with Gasteiger partial charge >= 0.3 is 5.97 Å². The normalized spacial score (nSPS) is 10.9. The predicted molar refractivity (Wildman–Crippen MR) is 76.2 cm³/mol. The third kappa shape index (κ3) is 12.9. The van der Waals surface area contributed by atoms with Gasteiger partial charge in [0.1, 0.15) is 0 Å². The van der Waals surface area contributed by atoms with Crippen molar-refractivity contribution in [3.8, 4) is 0 Å². The Hall–Kier alpha value is -1.59. The van der Waals surface area contributed by atoms with Gasteiger partial charge in [-0.3, -0.25) is 14.4 Å². The van der Waals surface area contributed by atoms with E-state index in [0.717, 1.165) is 12.8 Å². The zero-order valence-corrected chi connectivity index (χ0v) is 12.6. The van der Waals surface area contributed by atoms with Crippen molar-refractivity contribution in [2.75, 3.05) is 13.1 Å². The predicted octanol–water partition coefficient (Wildman–Crippen LogP) is 1.30. The van der Waals surface area contributed by atoms with E-state index >= 15 is 0 Å². The molecule has 6 heteroatoms. The summed E-state index contributed by atoms with van der Waals surface area (Å²) in [5, 5.41) is 13.7. The molecule has 0 bridgehead atoms. The molecule has 0 rings (SSSR count). The molecule has 6 nitrogen and oxygen atoms in total. The average molecular weight is 286 g/mol. The molecule has 0 heterocycles. The first-order valence-corrected chi connectivity index (χ1v) is 6.96. The van der Waals surface area contributed by atoms with Crippen LogP contribution >= 0.6 is 0 Å². The molecule has 3 N–H and O–H groups in total. The second-order valence-corrected chi connectivity index (χ2v) is 6.07. The maximum atomic E-state index is 11.5. The molecule has 0 spiro atoms. The van der Waals surface area contributed by atoms with Crippen LogP contribution in [0.4, 0.5) is 0 Å². The van der Waals surface area contributed by atoms with Gasteiger partial charge in [0.2, 0.25) is 11.8 Å². The molecular formula is C14H26N2O4. The van der Waals surface area contributed by atoms with Crippen LogP contribution in [0.5, 0.6) is 0 Å². The number of hydrogen-bond donors (Lipinski definition) is 3. The van der Waals surface area contributed by atoms with Crippen molar-refractivity contribution in [3.05, 3.63) is 0 Å². The summed E-state index contributed by atoms with van der Waals surface area (Å²) in [4.78, 5) is 33.2. The fourth-order valence-electron chi connectivity index (χ4n) is 1.59. The van der Waals surface area contributed by atoms with Crippen molar-refractivity contribution >= 4 is 17.8 Å². The lowest BCUT2D eigenvalue weighted by molar-refractivity contribution is -0.137. The van der Waals surface area contributed by atoms with Crippen LogP contribution in [0.2, 0.25) is 0 Å². The number of rotatable bonds is 9. The first kappa shape index (κ1) is 18.4. The van der Waals surface area contributed by atoms with Crippen LogP contribution < -0.4 is 10.6 Å². The van der Waals surface area contributed by atoms with Gasteiger partial charge in [-0.25, -0.2) is 0 Å². The molecule has 0 radical (unpaired) electrons. The smallest absolute Gasteiger partial charge is 0.303 e. The van der Waals surface area contributed by atoms with Crippen LogP contribution in [0.3, 0.4) is 0 Å². The molecule has 0 saturated heterocycles. The minimum Gasteiger partial charge on any atom is -0.481 e. The summed E-state index contributed by atoms with van der Waals surface area (Å²) in [5.74, 6) is -1.14. The summed E-state index contributed by atoms with van der Waals surface area (Å²) in [5.41, 5.74) is -0.0926. The quantitative estimate of drug-likeness (QED) is 0.557. The van der Waals surface area contributed by atoms with Crippen LogP contribution in [-0.4, -0.2) is 36.0 Å². The maximum Gasteiger partial charge on any atom is 0.303 e. The molecule has 0 aromatic carbocycles. The SMILES string of the molecule is CC(C)(C)CC(=O)NCC(=O)NCCCCCC(=O)O. The first-order chi connectivity index (χ1) is 9.20. The van der Waals surface area contributed by atoms with E-state index in [1.807, 2.05) is 20.8 Å². The van der Waals surface area contributed by atoms with Gasteiger partial charge < -0.3 is 15.7 Å². The highest BCUT2D eigenvalue weighted by atomic mass is 16.4. The summed E-state index contributed by atoms with van der Waals surface area (Å²) in [6.45, 7) is 6.38. The van der Waals surface area contributed by atoms with Gasteiger partial charge in [-0.05, 0) is 18.3 Å². The molecular weight excluding hydrogens is 260 g/mol. The number of carbonyl (C=O) groups excluding carboxylic acids is 2. The Balaban J connectivity index is 3.55. The lowest BCUT2D eigenvalue weighted by Crippen LogP contribution is -2.38.